The van der Waals surface area contributed by atoms with Gasteiger partial charge in [0, 0.05) is 56.6 Å². The molecule has 2 heterocycles. The highest BCUT2D eigenvalue weighted by Gasteiger charge is 2.25. The fourth-order valence-electron chi connectivity index (χ4n) is 4.16. The Bertz CT molecular complexity index is 967. The highest BCUT2D eigenvalue weighted by atomic mass is 16.5. The van der Waals surface area contributed by atoms with E-state index < -0.39 is 0 Å². The van der Waals surface area contributed by atoms with Crippen LogP contribution in [0.4, 0.5) is 11.4 Å². The van der Waals surface area contributed by atoms with Crippen LogP contribution in [0.3, 0.4) is 0 Å². The summed E-state index contributed by atoms with van der Waals surface area (Å²) >= 11 is 0. The van der Waals surface area contributed by atoms with Gasteiger partial charge in [-0.15, -0.1) is 0 Å². The van der Waals surface area contributed by atoms with Crippen LogP contribution in [0.1, 0.15) is 22.3 Å². The summed E-state index contributed by atoms with van der Waals surface area (Å²) in [4.78, 5) is 30.8. The quantitative estimate of drug-likeness (QED) is 0.777. The van der Waals surface area contributed by atoms with E-state index in [0.29, 0.717) is 36.6 Å². The van der Waals surface area contributed by atoms with Crippen molar-refractivity contribution in [2.24, 2.45) is 0 Å². The van der Waals surface area contributed by atoms with Crippen molar-refractivity contribution in [2.75, 3.05) is 57.2 Å². The number of anilines is 2. The van der Waals surface area contributed by atoms with Crippen molar-refractivity contribution in [1.82, 2.24) is 4.90 Å². The molecule has 7 nitrogen and oxygen atoms in total. The number of carbonyl (C=O) groups is 2. The molecule has 1 saturated heterocycles. The standard InChI is InChI=1S/C23H27N3O4/c1-24-19-7-6-18(14-16(19)5-9-22(24)27)25-10-12-26(13-11-25)23(28)17-4-8-20(29-2)21(15-17)30-3/h4,6-8,14-15H,5,9-13H2,1-3H3. The maximum absolute atomic E-state index is 12.9. The molecule has 1 fully saturated rings. The van der Waals surface area contributed by atoms with E-state index in [4.69, 9.17) is 9.47 Å². The molecule has 4 rings (SSSR count). The third-order valence-electron chi connectivity index (χ3n) is 5.97. The summed E-state index contributed by atoms with van der Waals surface area (Å²) in [5.41, 5.74) is 3.95. The Kier molecular flexibility index (Phi) is 5.53. The number of amides is 2. The largest absolute Gasteiger partial charge is 0.493 e. The van der Waals surface area contributed by atoms with Crippen molar-refractivity contribution in [2.45, 2.75) is 12.8 Å². The summed E-state index contributed by atoms with van der Waals surface area (Å²) in [5.74, 6) is 1.33. The topological polar surface area (TPSA) is 62.3 Å². The van der Waals surface area contributed by atoms with Gasteiger partial charge in [0.05, 0.1) is 14.2 Å². The number of hydrogen-bond donors (Lipinski definition) is 0. The van der Waals surface area contributed by atoms with Gasteiger partial charge in [-0.05, 0) is 48.4 Å². The normalized spacial score (nSPS) is 16.4. The predicted molar refractivity (Wildman–Crippen MR) is 116 cm³/mol. The molecule has 0 atom stereocenters. The maximum Gasteiger partial charge on any atom is 0.254 e. The van der Waals surface area contributed by atoms with Crippen LogP contribution < -0.4 is 19.3 Å². The molecule has 0 saturated carbocycles. The minimum Gasteiger partial charge on any atom is -0.493 e. The van der Waals surface area contributed by atoms with Crippen molar-refractivity contribution in [3.63, 3.8) is 0 Å². The molecule has 2 amide bonds. The van der Waals surface area contributed by atoms with E-state index in [1.165, 1.54) is 5.56 Å². The van der Waals surface area contributed by atoms with Crippen LogP contribution in [-0.2, 0) is 11.2 Å². The summed E-state index contributed by atoms with van der Waals surface area (Å²) in [5, 5.41) is 0. The van der Waals surface area contributed by atoms with Gasteiger partial charge in [0.25, 0.3) is 5.91 Å². The third-order valence-corrected chi connectivity index (χ3v) is 5.97. The maximum atomic E-state index is 12.9. The van der Waals surface area contributed by atoms with Gasteiger partial charge in [-0.25, -0.2) is 0 Å². The molecular weight excluding hydrogens is 382 g/mol. The van der Waals surface area contributed by atoms with Crippen molar-refractivity contribution in [3.8, 4) is 11.5 Å². The zero-order valence-corrected chi connectivity index (χ0v) is 17.7. The van der Waals surface area contributed by atoms with Crippen LogP contribution in [0.15, 0.2) is 36.4 Å². The van der Waals surface area contributed by atoms with E-state index in [2.05, 4.69) is 17.0 Å². The van der Waals surface area contributed by atoms with E-state index >= 15 is 0 Å². The molecule has 0 aromatic heterocycles. The van der Waals surface area contributed by atoms with E-state index in [1.54, 1.807) is 37.3 Å². The van der Waals surface area contributed by atoms with Gasteiger partial charge in [0.1, 0.15) is 0 Å². The van der Waals surface area contributed by atoms with Gasteiger partial charge in [-0.3, -0.25) is 9.59 Å². The lowest BCUT2D eigenvalue weighted by Gasteiger charge is -2.37. The van der Waals surface area contributed by atoms with Gasteiger partial charge in [-0.1, -0.05) is 0 Å². The van der Waals surface area contributed by atoms with Gasteiger partial charge < -0.3 is 24.2 Å². The number of benzene rings is 2. The summed E-state index contributed by atoms with van der Waals surface area (Å²) < 4.78 is 10.6. The molecular formula is C23H27N3O4. The Hall–Kier alpha value is -3.22. The summed E-state index contributed by atoms with van der Waals surface area (Å²) in [6, 6.07) is 11.6. The van der Waals surface area contributed by atoms with Crippen molar-refractivity contribution in [3.05, 3.63) is 47.5 Å². The van der Waals surface area contributed by atoms with E-state index in [0.717, 1.165) is 30.9 Å². The molecule has 30 heavy (non-hydrogen) atoms. The second kappa shape index (κ2) is 8.26. The fourth-order valence-corrected chi connectivity index (χ4v) is 4.16. The average Bonchev–Trinajstić information content (AvgIpc) is 2.80. The third kappa shape index (κ3) is 3.67. The second-order valence-electron chi connectivity index (χ2n) is 7.61. The molecule has 0 unspecified atom stereocenters. The summed E-state index contributed by atoms with van der Waals surface area (Å²) in [7, 11) is 4.98. The smallest absolute Gasteiger partial charge is 0.254 e. The number of rotatable bonds is 4. The fraction of sp³-hybridized carbons (Fsp3) is 0.391. The molecule has 0 aliphatic carbocycles. The Labute approximate surface area is 176 Å². The van der Waals surface area contributed by atoms with E-state index in [-0.39, 0.29) is 11.8 Å². The number of ether oxygens (including phenoxy) is 2. The lowest BCUT2D eigenvalue weighted by Crippen LogP contribution is -2.48. The summed E-state index contributed by atoms with van der Waals surface area (Å²) in [6.45, 7) is 2.85. The molecule has 2 aromatic carbocycles. The van der Waals surface area contributed by atoms with Crippen LogP contribution in [0, 0.1) is 0 Å². The van der Waals surface area contributed by atoms with Crippen LogP contribution in [-0.4, -0.2) is 64.2 Å². The predicted octanol–water partition coefficient (Wildman–Crippen LogP) is 2.58. The SMILES string of the molecule is COc1ccc(C(=O)N2CCN(c3ccc4c(c3)CCC(=O)N4C)CC2)cc1OC. The van der Waals surface area contributed by atoms with Gasteiger partial charge in [0.15, 0.2) is 11.5 Å². The highest BCUT2D eigenvalue weighted by molar-refractivity contribution is 5.96. The highest BCUT2D eigenvalue weighted by Crippen LogP contribution is 2.31. The first-order chi connectivity index (χ1) is 14.5. The number of fused-ring (bicyclic) bond motifs is 1. The van der Waals surface area contributed by atoms with Crippen molar-refractivity contribution >= 4 is 23.2 Å². The first-order valence-corrected chi connectivity index (χ1v) is 10.2. The Morgan fingerprint density at radius 1 is 0.900 bits per heavy atom. The number of methoxy groups -OCH3 is 2. The molecule has 0 bridgehead atoms. The number of piperazine rings is 1. The minimum atomic E-state index is 0.00109. The van der Waals surface area contributed by atoms with Crippen LogP contribution in [0.5, 0.6) is 11.5 Å². The van der Waals surface area contributed by atoms with Gasteiger partial charge in [-0.2, -0.15) is 0 Å². The number of hydrogen-bond acceptors (Lipinski definition) is 5. The molecule has 2 aromatic rings. The van der Waals surface area contributed by atoms with E-state index in [1.807, 2.05) is 18.0 Å². The van der Waals surface area contributed by atoms with E-state index in [9.17, 15) is 9.59 Å². The molecule has 2 aliphatic rings. The summed E-state index contributed by atoms with van der Waals surface area (Å²) in [6.07, 6.45) is 1.34. The zero-order chi connectivity index (χ0) is 21.3. The monoisotopic (exact) mass is 409 g/mol. The number of nitrogens with zero attached hydrogens (tertiary/aromatic N) is 3. The van der Waals surface area contributed by atoms with Gasteiger partial charge >= 0.3 is 0 Å². The zero-order valence-electron chi connectivity index (χ0n) is 17.7. The van der Waals surface area contributed by atoms with Crippen LogP contribution in [0.2, 0.25) is 0 Å². The van der Waals surface area contributed by atoms with Crippen molar-refractivity contribution < 1.29 is 19.1 Å². The van der Waals surface area contributed by atoms with Crippen molar-refractivity contribution in [1.29, 1.82) is 0 Å². The molecule has 0 N–H and O–H groups in total. The number of carbonyl (C=O) groups excluding carboxylic acids is 2. The Morgan fingerprint density at radius 2 is 1.63 bits per heavy atom. The average molecular weight is 409 g/mol. The second-order valence-corrected chi connectivity index (χ2v) is 7.61. The van der Waals surface area contributed by atoms with Crippen LogP contribution in [0.25, 0.3) is 0 Å². The number of aryl methyl sites for hydroxylation is 1. The first kappa shape index (κ1) is 20.1. The first-order valence-electron chi connectivity index (χ1n) is 10.2. The molecule has 0 radical (unpaired) electrons. The lowest BCUT2D eigenvalue weighted by molar-refractivity contribution is -0.118. The molecule has 2 aliphatic heterocycles. The molecule has 0 spiro atoms. The minimum absolute atomic E-state index is 0.00109. The Morgan fingerprint density at radius 3 is 2.33 bits per heavy atom. The lowest BCUT2D eigenvalue weighted by atomic mass is 10.0. The van der Waals surface area contributed by atoms with Gasteiger partial charge in [0.2, 0.25) is 5.91 Å². The Balaban J connectivity index is 1.43. The molecule has 7 heteroatoms. The molecule has 158 valence electrons. The van der Waals surface area contributed by atoms with Crippen LogP contribution >= 0.6 is 0 Å².